The third-order valence-corrected chi connectivity index (χ3v) is 12.3. The Balaban J connectivity index is 4.71. The third-order valence-electron chi connectivity index (χ3n) is 12.3. The van der Waals surface area contributed by atoms with Crippen LogP contribution < -0.4 is 16.4 Å². The molecule has 9 heteroatoms. The largest absolute Gasteiger partial charge is 0.462 e. The molecule has 0 amide bonds. The van der Waals surface area contributed by atoms with E-state index in [1.54, 1.807) is 0 Å². The zero-order valence-corrected chi connectivity index (χ0v) is 42.1. The predicted octanol–water partition coefficient (Wildman–Crippen LogP) is 14.2. The molecule has 0 aliphatic heterocycles. The van der Waals surface area contributed by atoms with Crippen molar-refractivity contribution in [3.8, 4) is 0 Å². The number of hydrogen-bond donors (Lipinski definition) is 3. The van der Waals surface area contributed by atoms with Crippen LogP contribution in [-0.4, -0.2) is 68.5 Å². The van der Waals surface area contributed by atoms with Crippen LogP contribution in [0.5, 0.6) is 0 Å². The number of carbonyl (C=O) groups is 2. The molecule has 0 aromatic heterocycles. The van der Waals surface area contributed by atoms with Crippen LogP contribution in [0, 0.1) is 0 Å². The molecule has 62 heavy (non-hydrogen) atoms. The van der Waals surface area contributed by atoms with Crippen LogP contribution in [-0.2, 0) is 19.1 Å². The Morgan fingerprint density at radius 2 is 0.919 bits per heavy atom. The maximum absolute atomic E-state index is 12.9. The Hall–Kier alpha value is -2.29. The average molecular weight is 876 g/mol. The fourth-order valence-electron chi connectivity index (χ4n) is 8.18. The fraction of sp³-hybridized carbons (Fsp3) is 0.906. The van der Waals surface area contributed by atoms with E-state index < -0.39 is 0 Å². The van der Waals surface area contributed by atoms with E-state index in [0.29, 0.717) is 24.5 Å². The number of esters is 2. The number of carbonyl (C=O) groups excluding carboxylic acids is 2. The Labute approximate surface area is 385 Å². The maximum Gasteiger partial charge on any atom is 0.306 e. The second kappa shape index (κ2) is 46.7. The second-order valence-electron chi connectivity index (χ2n) is 18.2. The Bertz CT molecular complexity index is 1040. The molecule has 0 aromatic rings. The number of nitrogens with zero attached hydrogens (tertiary/aromatic N) is 2. The number of nitrogens with one attached hydrogen (secondary N) is 2. The zero-order valence-electron chi connectivity index (χ0n) is 42.1. The first-order valence-electron chi connectivity index (χ1n) is 26.9. The van der Waals surface area contributed by atoms with E-state index in [2.05, 4.69) is 55.1 Å². The first-order valence-corrected chi connectivity index (χ1v) is 26.9. The van der Waals surface area contributed by atoms with Crippen LogP contribution >= 0.6 is 0 Å². The van der Waals surface area contributed by atoms with Crippen molar-refractivity contribution >= 4 is 18.2 Å². The van der Waals surface area contributed by atoms with Crippen molar-refractivity contribution in [2.24, 2.45) is 10.7 Å². The van der Waals surface area contributed by atoms with Crippen molar-refractivity contribution in [2.45, 2.75) is 278 Å². The van der Waals surface area contributed by atoms with E-state index >= 15 is 0 Å². The van der Waals surface area contributed by atoms with Crippen molar-refractivity contribution in [1.82, 2.24) is 15.5 Å². The second-order valence-corrected chi connectivity index (χ2v) is 18.2. The molecule has 4 N–H and O–H groups in total. The van der Waals surface area contributed by atoms with Crippen LogP contribution in [0.15, 0.2) is 16.6 Å². The van der Waals surface area contributed by atoms with Crippen molar-refractivity contribution < 1.29 is 19.1 Å². The van der Waals surface area contributed by atoms with E-state index in [4.69, 9.17) is 15.2 Å². The molecule has 0 aliphatic carbocycles. The Kier molecular flexibility index (Phi) is 45.0. The number of rotatable bonds is 48. The summed E-state index contributed by atoms with van der Waals surface area (Å²) in [6.45, 7) is 15.0. The standard InChI is InChI=1S/C53H105N5O4/c1-7-12-15-18-23-30-38-48(11-5)61-50(59)41-33-26-21-28-35-45-58(47-37-44-57-53(52(54)55-6)56-43-10-4)46-36-29-22-27-34-42-51(60)62-49(39-31-24-19-16-13-8-2)40-32-25-20-17-14-9-3/h43,48-49,55,57H,7-42,44-47,54H2,1-6H3/b53-52-,56-43-. The summed E-state index contributed by atoms with van der Waals surface area (Å²) in [6, 6.07) is 0. The van der Waals surface area contributed by atoms with Crippen LogP contribution in [0.4, 0.5) is 0 Å². The van der Waals surface area contributed by atoms with E-state index in [1.807, 2.05) is 13.3 Å². The topological polar surface area (TPSA) is 118 Å². The average Bonchev–Trinajstić information content (AvgIpc) is 3.27. The van der Waals surface area contributed by atoms with Gasteiger partial charge in [-0.2, -0.15) is 0 Å². The minimum absolute atomic E-state index is 0.0105. The van der Waals surface area contributed by atoms with Gasteiger partial charge in [-0.25, -0.2) is 4.99 Å². The fourth-order valence-corrected chi connectivity index (χ4v) is 8.18. The van der Waals surface area contributed by atoms with Gasteiger partial charge in [0.15, 0.2) is 5.82 Å². The quantitative estimate of drug-likeness (QED) is 0.0314. The molecule has 0 bridgehead atoms. The SMILES string of the molecule is CC/C=N\C(NCCCN(CCCCCCCC(=O)OC(CC)CCCCCCCC)CCCCCCCC(=O)OC(CCCCCCCC)CCCCCCCC)=C(/N)NC. The van der Waals surface area contributed by atoms with Gasteiger partial charge >= 0.3 is 11.9 Å². The number of nitrogens with two attached hydrogens (primary N) is 1. The van der Waals surface area contributed by atoms with E-state index in [1.165, 1.54) is 135 Å². The maximum atomic E-state index is 12.9. The van der Waals surface area contributed by atoms with Crippen LogP contribution in [0.3, 0.4) is 0 Å². The molecule has 0 spiro atoms. The molecule has 0 radical (unpaired) electrons. The lowest BCUT2D eigenvalue weighted by molar-refractivity contribution is -0.150. The van der Waals surface area contributed by atoms with E-state index in [-0.39, 0.29) is 24.1 Å². The molecular weight excluding hydrogens is 771 g/mol. The monoisotopic (exact) mass is 876 g/mol. The third kappa shape index (κ3) is 39.3. The molecule has 9 nitrogen and oxygen atoms in total. The molecule has 366 valence electrons. The van der Waals surface area contributed by atoms with Gasteiger partial charge in [-0.05, 0) is 103 Å². The zero-order chi connectivity index (χ0) is 45.6. The number of ether oxygens (including phenoxy) is 2. The number of hydrogen-bond acceptors (Lipinski definition) is 9. The van der Waals surface area contributed by atoms with Crippen molar-refractivity contribution in [2.75, 3.05) is 33.2 Å². The highest BCUT2D eigenvalue weighted by Gasteiger charge is 2.15. The van der Waals surface area contributed by atoms with Crippen LogP contribution in [0.2, 0.25) is 0 Å². The van der Waals surface area contributed by atoms with Gasteiger partial charge in [-0.3, -0.25) is 9.59 Å². The lowest BCUT2D eigenvalue weighted by atomic mass is 10.0. The molecule has 0 fully saturated rings. The summed E-state index contributed by atoms with van der Waals surface area (Å²) in [6.07, 6.45) is 43.1. The van der Waals surface area contributed by atoms with Gasteiger partial charge in [-0.15, -0.1) is 0 Å². The highest BCUT2D eigenvalue weighted by Crippen LogP contribution is 2.19. The smallest absolute Gasteiger partial charge is 0.306 e. The van der Waals surface area contributed by atoms with Gasteiger partial charge in [-0.1, -0.05) is 169 Å². The van der Waals surface area contributed by atoms with Crippen LogP contribution in [0.1, 0.15) is 266 Å². The summed E-state index contributed by atoms with van der Waals surface area (Å²) < 4.78 is 11.9. The number of unbranched alkanes of at least 4 members (excludes halogenated alkanes) is 23. The predicted molar refractivity (Wildman–Crippen MR) is 268 cm³/mol. The number of aliphatic imine (C=N–C) groups is 1. The molecule has 0 rings (SSSR count). The molecule has 0 saturated heterocycles. The van der Waals surface area contributed by atoms with Gasteiger partial charge in [0.25, 0.3) is 0 Å². The molecule has 1 unspecified atom stereocenters. The van der Waals surface area contributed by atoms with Gasteiger partial charge in [0.2, 0.25) is 0 Å². The molecule has 0 heterocycles. The minimum atomic E-state index is -0.0105. The summed E-state index contributed by atoms with van der Waals surface area (Å²) in [4.78, 5) is 32.6. The lowest BCUT2D eigenvalue weighted by Crippen LogP contribution is -2.30. The summed E-state index contributed by atoms with van der Waals surface area (Å²) in [5.41, 5.74) is 6.15. The van der Waals surface area contributed by atoms with E-state index in [0.717, 1.165) is 110 Å². The van der Waals surface area contributed by atoms with Crippen molar-refractivity contribution in [3.05, 3.63) is 11.6 Å². The molecule has 0 aliphatic rings. The highest BCUT2D eigenvalue weighted by molar-refractivity contribution is 5.69. The van der Waals surface area contributed by atoms with Crippen molar-refractivity contribution in [3.63, 3.8) is 0 Å². The summed E-state index contributed by atoms with van der Waals surface area (Å²) in [5, 5.41) is 6.45. The summed E-state index contributed by atoms with van der Waals surface area (Å²) in [7, 11) is 1.82. The van der Waals surface area contributed by atoms with Crippen LogP contribution in [0.25, 0.3) is 0 Å². The molecule has 1 atom stereocenters. The van der Waals surface area contributed by atoms with Gasteiger partial charge in [0, 0.05) is 32.6 Å². The Morgan fingerprint density at radius 3 is 1.35 bits per heavy atom. The summed E-state index contributed by atoms with van der Waals surface area (Å²) in [5.74, 6) is 1.28. The Morgan fingerprint density at radius 1 is 0.532 bits per heavy atom. The van der Waals surface area contributed by atoms with Gasteiger partial charge in [0.1, 0.15) is 18.0 Å². The minimum Gasteiger partial charge on any atom is -0.462 e. The van der Waals surface area contributed by atoms with Gasteiger partial charge < -0.3 is 30.7 Å². The van der Waals surface area contributed by atoms with Gasteiger partial charge in [0.05, 0.1) is 0 Å². The molecule has 0 saturated carbocycles. The molecule has 0 aromatic carbocycles. The normalized spacial score (nSPS) is 12.6. The molecular formula is C53H105N5O4. The summed E-state index contributed by atoms with van der Waals surface area (Å²) >= 11 is 0. The highest BCUT2D eigenvalue weighted by atomic mass is 16.5. The van der Waals surface area contributed by atoms with Crippen molar-refractivity contribution in [1.29, 1.82) is 0 Å². The first kappa shape index (κ1) is 59.7. The lowest BCUT2D eigenvalue weighted by Gasteiger charge is -2.23. The first-order chi connectivity index (χ1) is 30.3. The van der Waals surface area contributed by atoms with E-state index in [9.17, 15) is 9.59 Å².